The van der Waals surface area contributed by atoms with E-state index in [1.54, 1.807) is 16.4 Å². The Labute approximate surface area is 123 Å². The lowest BCUT2D eigenvalue weighted by Gasteiger charge is -2.08. The maximum Gasteiger partial charge on any atom is 0.214 e. The lowest BCUT2D eigenvalue weighted by Crippen LogP contribution is -2.02. The van der Waals surface area contributed by atoms with E-state index in [2.05, 4.69) is 47.6 Å². The second-order valence-corrected chi connectivity index (χ2v) is 5.69. The zero-order valence-electron chi connectivity index (χ0n) is 11.7. The lowest BCUT2D eigenvalue weighted by molar-refractivity contribution is 0.750. The van der Waals surface area contributed by atoms with Gasteiger partial charge < -0.3 is 0 Å². The first kappa shape index (κ1) is 14.5. The van der Waals surface area contributed by atoms with Gasteiger partial charge in [-0.05, 0) is 48.7 Å². The van der Waals surface area contributed by atoms with Crippen LogP contribution in [0.1, 0.15) is 30.4 Å². The Bertz CT molecular complexity index is 614. The van der Waals surface area contributed by atoms with Gasteiger partial charge in [0, 0.05) is 12.2 Å². The number of aromatic nitrogens is 4. The number of benzene rings is 1. The SMILES string of the molecule is Cc1ccc(-n2nnnc2SCCCCC#N)c(C)c1. The highest BCUT2D eigenvalue weighted by Gasteiger charge is 2.10. The molecule has 1 aromatic heterocycles. The fourth-order valence-electron chi connectivity index (χ4n) is 1.93. The first-order chi connectivity index (χ1) is 9.72. The Morgan fingerprint density at radius 3 is 2.90 bits per heavy atom. The summed E-state index contributed by atoms with van der Waals surface area (Å²) in [6.07, 6.45) is 2.54. The highest BCUT2D eigenvalue weighted by Crippen LogP contribution is 2.22. The number of thioether (sulfide) groups is 1. The normalized spacial score (nSPS) is 10.4. The van der Waals surface area contributed by atoms with E-state index in [0.717, 1.165) is 35.0 Å². The van der Waals surface area contributed by atoms with Gasteiger partial charge in [0.25, 0.3) is 0 Å². The van der Waals surface area contributed by atoms with Crippen molar-refractivity contribution in [2.75, 3.05) is 5.75 Å². The van der Waals surface area contributed by atoms with Gasteiger partial charge in [0.05, 0.1) is 11.8 Å². The van der Waals surface area contributed by atoms with E-state index in [1.165, 1.54) is 5.56 Å². The highest BCUT2D eigenvalue weighted by atomic mass is 32.2. The summed E-state index contributed by atoms with van der Waals surface area (Å²) >= 11 is 1.63. The van der Waals surface area contributed by atoms with Gasteiger partial charge in [-0.1, -0.05) is 29.5 Å². The molecule has 0 fully saturated rings. The fourth-order valence-corrected chi connectivity index (χ4v) is 2.82. The zero-order valence-corrected chi connectivity index (χ0v) is 12.5. The molecule has 20 heavy (non-hydrogen) atoms. The van der Waals surface area contributed by atoms with Gasteiger partial charge in [0.2, 0.25) is 5.16 Å². The molecule has 5 nitrogen and oxygen atoms in total. The van der Waals surface area contributed by atoms with Crippen LogP contribution in [0, 0.1) is 25.2 Å². The van der Waals surface area contributed by atoms with Crippen molar-refractivity contribution in [2.45, 2.75) is 38.3 Å². The van der Waals surface area contributed by atoms with Gasteiger partial charge in [0.1, 0.15) is 0 Å². The average Bonchev–Trinajstić information content (AvgIpc) is 2.87. The predicted octanol–water partition coefficient (Wildman–Crippen LogP) is 3.07. The molecule has 0 bridgehead atoms. The van der Waals surface area contributed by atoms with Crippen LogP contribution in [0.4, 0.5) is 0 Å². The number of unbranched alkanes of at least 4 members (excludes halogenated alkanes) is 2. The Hall–Kier alpha value is -1.87. The average molecular weight is 287 g/mol. The van der Waals surface area contributed by atoms with E-state index in [4.69, 9.17) is 5.26 Å². The van der Waals surface area contributed by atoms with Gasteiger partial charge in [-0.15, -0.1) is 5.10 Å². The molecule has 0 unspecified atom stereocenters. The summed E-state index contributed by atoms with van der Waals surface area (Å²) in [6.45, 7) is 4.13. The van der Waals surface area contributed by atoms with Gasteiger partial charge in [-0.25, -0.2) is 0 Å². The summed E-state index contributed by atoms with van der Waals surface area (Å²) in [7, 11) is 0. The standard InChI is InChI=1S/C14H17N5S/c1-11-6-7-13(12(2)10-11)19-14(16-17-18-19)20-9-5-3-4-8-15/h6-7,10H,3-5,9H2,1-2H3. The summed E-state index contributed by atoms with van der Waals surface area (Å²) in [6, 6.07) is 8.38. The highest BCUT2D eigenvalue weighted by molar-refractivity contribution is 7.99. The minimum absolute atomic E-state index is 0.614. The third-order valence-electron chi connectivity index (χ3n) is 2.94. The zero-order chi connectivity index (χ0) is 14.4. The number of tetrazole rings is 1. The Balaban J connectivity index is 2.06. The first-order valence-corrected chi connectivity index (χ1v) is 7.56. The topological polar surface area (TPSA) is 67.4 Å². The summed E-state index contributed by atoms with van der Waals surface area (Å²) in [5.41, 5.74) is 3.40. The summed E-state index contributed by atoms with van der Waals surface area (Å²) < 4.78 is 1.78. The molecule has 0 atom stereocenters. The summed E-state index contributed by atoms with van der Waals surface area (Å²) in [4.78, 5) is 0. The molecule has 6 heteroatoms. The molecule has 104 valence electrons. The van der Waals surface area contributed by atoms with E-state index in [0.29, 0.717) is 6.42 Å². The van der Waals surface area contributed by atoms with Crippen LogP contribution in [-0.2, 0) is 0 Å². The molecule has 0 aliphatic rings. The number of hydrogen-bond donors (Lipinski definition) is 0. The van der Waals surface area contributed by atoms with Crippen molar-refractivity contribution < 1.29 is 0 Å². The smallest absolute Gasteiger partial charge is 0.198 e. The van der Waals surface area contributed by atoms with Crippen LogP contribution in [0.2, 0.25) is 0 Å². The Morgan fingerprint density at radius 1 is 1.30 bits per heavy atom. The number of nitrogens with zero attached hydrogens (tertiary/aromatic N) is 5. The first-order valence-electron chi connectivity index (χ1n) is 6.58. The number of hydrogen-bond acceptors (Lipinski definition) is 5. The molecule has 0 amide bonds. The minimum atomic E-state index is 0.614. The lowest BCUT2D eigenvalue weighted by atomic mass is 10.1. The molecular formula is C14H17N5S. The molecule has 1 heterocycles. The quantitative estimate of drug-likeness (QED) is 0.603. The Kier molecular flexibility index (Phi) is 5.13. The molecular weight excluding hydrogens is 270 g/mol. The third kappa shape index (κ3) is 3.58. The van der Waals surface area contributed by atoms with Gasteiger partial charge in [-0.3, -0.25) is 0 Å². The monoisotopic (exact) mass is 287 g/mol. The maximum absolute atomic E-state index is 8.50. The number of aryl methyl sites for hydroxylation is 2. The molecule has 0 radical (unpaired) electrons. The predicted molar refractivity (Wildman–Crippen MR) is 78.8 cm³/mol. The third-order valence-corrected chi connectivity index (χ3v) is 3.94. The molecule has 1 aromatic carbocycles. The number of nitriles is 1. The van der Waals surface area contributed by atoms with E-state index in [1.807, 2.05) is 6.07 Å². The summed E-state index contributed by atoms with van der Waals surface area (Å²) in [5.74, 6) is 0.924. The van der Waals surface area contributed by atoms with Crippen LogP contribution in [0.5, 0.6) is 0 Å². The van der Waals surface area contributed by atoms with Crippen molar-refractivity contribution in [3.05, 3.63) is 29.3 Å². The van der Waals surface area contributed by atoms with Crippen LogP contribution >= 0.6 is 11.8 Å². The van der Waals surface area contributed by atoms with Gasteiger partial charge in [0.15, 0.2) is 0 Å². The van der Waals surface area contributed by atoms with E-state index in [-0.39, 0.29) is 0 Å². The van der Waals surface area contributed by atoms with Gasteiger partial charge >= 0.3 is 0 Å². The fraction of sp³-hybridized carbons (Fsp3) is 0.429. The second-order valence-electron chi connectivity index (χ2n) is 4.63. The maximum atomic E-state index is 8.50. The molecule has 0 N–H and O–H groups in total. The van der Waals surface area contributed by atoms with Crippen molar-refractivity contribution >= 4 is 11.8 Å². The summed E-state index contributed by atoms with van der Waals surface area (Å²) in [5, 5.41) is 21.2. The largest absolute Gasteiger partial charge is 0.214 e. The van der Waals surface area contributed by atoms with Crippen molar-refractivity contribution in [1.29, 1.82) is 5.26 Å². The van der Waals surface area contributed by atoms with Crippen molar-refractivity contribution in [3.8, 4) is 11.8 Å². The number of rotatable bonds is 6. The molecule has 0 spiro atoms. The van der Waals surface area contributed by atoms with E-state index in [9.17, 15) is 0 Å². The van der Waals surface area contributed by atoms with Crippen LogP contribution in [0.25, 0.3) is 5.69 Å². The van der Waals surface area contributed by atoms with Crippen LogP contribution in [0.15, 0.2) is 23.4 Å². The minimum Gasteiger partial charge on any atom is -0.198 e. The second kappa shape index (κ2) is 7.06. The van der Waals surface area contributed by atoms with E-state index < -0.39 is 0 Å². The van der Waals surface area contributed by atoms with Crippen molar-refractivity contribution in [1.82, 2.24) is 20.2 Å². The molecule has 0 aliphatic heterocycles. The molecule has 2 rings (SSSR count). The Morgan fingerprint density at radius 2 is 2.15 bits per heavy atom. The van der Waals surface area contributed by atoms with E-state index >= 15 is 0 Å². The molecule has 0 aliphatic carbocycles. The molecule has 0 saturated heterocycles. The van der Waals surface area contributed by atoms with Crippen molar-refractivity contribution in [3.63, 3.8) is 0 Å². The van der Waals surface area contributed by atoms with Crippen LogP contribution in [-0.4, -0.2) is 26.0 Å². The van der Waals surface area contributed by atoms with Gasteiger partial charge in [-0.2, -0.15) is 9.94 Å². The molecule has 2 aromatic rings. The molecule has 0 saturated carbocycles. The van der Waals surface area contributed by atoms with Crippen molar-refractivity contribution in [2.24, 2.45) is 0 Å². The van der Waals surface area contributed by atoms with Crippen LogP contribution < -0.4 is 0 Å². The van der Waals surface area contributed by atoms with Crippen LogP contribution in [0.3, 0.4) is 0 Å².